The maximum Gasteiger partial charge on any atom is 0.165 e. The van der Waals surface area contributed by atoms with Crippen molar-refractivity contribution in [1.29, 1.82) is 0 Å². The molecule has 0 spiro atoms. The summed E-state index contributed by atoms with van der Waals surface area (Å²) < 4.78 is 7.45. The molecule has 0 radical (unpaired) electrons. The smallest absolute Gasteiger partial charge is 0.165 e. The van der Waals surface area contributed by atoms with Crippen LogP contribution in [0.2, 0.25) is 0 Å². The first-order valence-electron chi connectivity index (χ1n) is 5.58. The molecule has 1 aliphatic heterocycles. The van der Waals surface area contributed by atoms with Crippen molar-refractivity contribution in [3.8, 4) is 0 Å². The first kappa shape index (κ1) is 11.4. The van der Waals surface area contributed by atoms with Crippen LogP contribution >= 0.6 is 0 Å². The molecular weight excluding hydrogens is 204 g/mol. The first-order chi connectivity index (χ1) is 7.63. The molecule has 1 fully saturated rings. The molecule has 2 atom stereocenters. The Morgan fingerprint density at radius 2 is 2.56 bits per heavy atom. The quantitative estimate of drug-likeness (QED) is 0.768. The average molecular weight is 222 g/mol. The van der Waals surface area contributed by atoms with Gasteiger partial charge in [0.2, 0.25) is 0 Å². The number of aryl methyl sites for hydroxylation is 2. The van der Waals surface area contributed by atoms with E-state index in [1.165, 1.54) is 5.69 Å². The van der Waals surface area contributed by atoms with Crippen LogP contribution in [0.1, 0.15) is 19.0 Å². The molecule has 0 aromatic carbocycles. The Morgan fingerprint density at radius 3 is 3.12 bits per heavy atom. The fourth-order valence-electron chi connectivity index (χ4n) is 2.08. The molecular formula is C12H18N2O2. The van der Waals surface area contributed by atoms with Gasteiger partial charge in [0.15, 0.2) is 12.5 Å². The van der Waals surface area contributed by atoms with Gasteiger partial charge in [-0.2, -0.15) is 0 Å². The second-order valence-corrected chi connectivity index (χ2v) is 4.68. The summed E-state index contributed by atoms with van der Waals surface area (Å²) in [4.78, 5) is 10.6. The van der Waals surface area contributed by atoms with Crippen LogP contribution < -0.4 is 5.32 Å². The van der Waals surface area contributed by atoms with Gasteiger partial charge in [-0.25, -0.2) is 0 Å². The monoisotopic (exact) mass is 222 g/mol. The van der Waals surface area contributed by atoms with Crippen molar-refractivity contribution in [2.75, 3.05) is 6.61 Å². The number of nitrogens with zero attached hydrogens (tertiary/aromatic N) is 1. The molecule has 2 rings (SSSR count). The fraction of sp³-hybridized carbons (Fsp3) is 0.583. The maximum atomic E-state index is 10.6. The van der Waals surface area contributed by atoms with Gasteiger partial charge in [-0.15, -0.1) is 0 Å². The summed E-state index contributed by atoms with van der Waals surface area (Å²) in [5, 5.41) is 3.20. The molecule has 4 heteroatoms. The predicted octanol–water partition coefficient (Wildman–Crippen LogP) is 0.861. The molecule has 1 aromatic rings. The maximum absolute atomic E-state index is 10.6. The van der Waals surface area contributed by atoms with Crippen molar-refractivity contribution in [2.24, 2.45) is 7.05 Å². The van der Waals surface area contributed by atoms with E-state index in [2.05, 4.69) is 22.9 Å². The summed E-state index contributed by atoms with van der Waals surface area (Å²) in [7, 11) is 2.05. The van der Waals surface area contributed by atoms with Crippen LogP contribution in [0.4, 0.5) is 0 Å². The standard InChI is InChI=1S/C12H18N2O2/c1-12(9-16-11(8-15)13-12)6-5-10-4-3-7-14(10)2/h3-4,7-8,11,13H,5-6,9H2,1-2H3/t11?,12-/m1/s1. The SMILES string of the molecule is Cn1cccc1CC[C@]1(C)COC(C=O)N1. The molecule has 16 heavy (non-hydrogen) atoms. The Labute approximate surface area is 95.6 Å². The van der Waals surface area contributed by atoms with Crippen LogP contribution in [-0.4, -0.2) is 29.2 Å². The Bertz CT molecular complexity index is 375. The van der Waals surface area contributed by atoms with Crippen LogP contribution in [0.3, 0.4) is 0 Å². The number of aromatic nitrogens is 1. The highest BCUT2D eigenvalue weighted by Gasteiger charge is 2.34. The highest BCUT2D eigenvalue weighted by molar-refractivity contribution is 5.56. The normalized spacial score (nSPS) is 29.5. The van der Waals surface area contributed by atoms with E-state index >= 15 is 0 Å². The molecule has 0 aliphatic carbocycles. The second kappa shape index (κ2) is 4.39. The summed E-state index contributed by atoms with van der Waals surface area (Å²) in [6, 6.07) is 4.17. The lowest BCUT2D eigenvalue weighted by Gasteiger charge is -2.22. The van der Waals surface area contributed by atoms with Gasteiger partial charge in [-0.05, 0) is 31.9 Å². The third-order valence-electron chi connectivity index (χ3n) is 3.18. The molecule has 0 bridgehead atoms. The fourth-order valence-corrected chi connectivity index (χ4v) is 2.08. The molecule has 1 saturated heterocycles. The van der Waals surface area contributed by atoms with Gasteiger partial charge >= 0.3 is 0 Å². The summed E-state index contributed by atoms with van der Waals surface area (Å²) in [5.74, 6) is 0. The van der Waals surface area contributed by atoms with E-state index in [0.29, 0.717) is 6.61 Å². The van der Waals surface area contributed by atoms with Crippen molar-refractivity contribution in [2.45, 2.75) is 31.5 Å². The number of carbonyl (C=O) groups is 1. The van der Waals surface area contributed by atoms with Crippen LogP contribution in [0, 0.1) is 0 Å². The molecule has 1 unspecified atom stereocenters. The van der Waals surface area contributed by atoms with Gasteiger partial charge < -0.3 is 9.30 Å². The van der Waals surface area contributed by atoms with E-state index in [0.717, 1.165) is 19.1 Å². The first-order valence-corrected chi connectivity index (χ1v) is 5.58. The van der Waals surface area contributed by atoms with E-state index in [4.69, 9.17) is 4.74 Å². The van der Waals surface area contributed by atoms with Crippen molar-refractivity contribution in [1.82, 2.24) is 9.88 Å². The minimum absolute atomic E-state index is 0.0875. The van der Waals surface area contributed by atoms with Gasteiger partial charge in [0.1, 0.15) is 0 Å². The van der Waals surface area contributed by atoms with Crippen molar-refractivity contribution < 1.29 is 9.53 Å². The van der Waals surface area contributed by atoms with Crippen LogP contribution in [0.15, 0.2) is 18.3 Å². The highest BCUT2D eigenvalue weighted by atomic mass is 16.5. The van der Waals surface area contributed by atoms with Gasteiger partial charge in [0.25, 0.3) is 0 Å². The average Bonchev–Trinajstić information content (AvgIpc) is 2.83. The summed E-state index contributed by atoms with van der Waals surface area (Å²) >= 11 is 0. The van der Waals surface area contributed by atoms with E-state index < -0.39 is 6.23 Å². The van der Waals surface area contributed by atoms with Gasteiger partial charge in [-0.1, -0.05) is 0 Å². The van der Waals surface area contributed by atoms with Crippen LogP contribution in [-0.2, 0) is 23.0 Å². The molecule has 1 aliphatic rings. The lowest BCUT2D eigenvalue weighted by molar-refractivity contribution is -0.116. The molecule has 88 valence electrons. The second-order valence-electron chi connectivity index (χ2n) is 4.68. The minimum atomic E-state index is -0.432. The van der Waals surface area contributed by atoms with E-state index in [1.54, 1.807) is 0 Å². The Hall–Kier alpha value is -1.13. The minimum Gasteiger partial charge on any atom is -0.354 e. The zero-order valence-electron chi connectivity index (χ0n) is 9.77. The van der Waals surface area contributed by atoms with E-state index in [-0.39, 0.29) is 5.54 Å². The molecule has 4 nitrogen and oxygen atoms in total. The molecule has 0 saturated carbocycles. The van der Waals surface area contributed by atoms with E-state index in [1.807, 2.05) is 19.3 Å². The number of aldehydes is 1. The number of ether oxygens (including phenoxy) is 1. The lowest BCUT2D eigenvalue weighted by Crippen LogP contribution is -2.43. The van der Waals surface area contributed by atoms with E-state index in [9.17, 15) is 4.79 Å². The highest BCUT2D eigenvalue weighted by Crippen LogP contribution is 2.20. The molecule has 1 N–H and O–H groups in total. The Kier molecular flexibility index (Phi) is 3.12. The zero-order valence-corrected chi connectivity index (χ0v) is 9.77. The third kappa shape index (κ3) is 2.33. The van der Waals surface area contributed by atoms with Crippen molar-refractivity contribution in [3.63, 3.8) is 0 Å². The number of hydrogen-bond donors (Lipinski definition) is 1. The molecule has 1 aromatic heterocycles. The van der Waals surface area contributed by atoms with Gasteiger partial charge in [0, 0.05) is 24.5 Å². The predicted molar refractivity (Wildman–Crippen MR) is 61.1 cm³/mol. The Balaban J connectivity index is 1.91. The molecule has 2 heterocycles. The zero-order chi connectivity index (χ0) is 11.6. The van der Waals surface area contributed by atoms with Gasteiger partial charge in [-0.3, -0.25) is 10.1 Å². The summed E-state index contributed by atoms with van der Waals surface area (Å²) in [6.45, 7) is 2.69. The largest absolute Gasteiger partial charge is 0.354 e. The van der Waals surface area contributed by atoms with Crippen molar-refractivity contribution in [3.05, 3.63) is 24.0 Å². The Morgan fingerprint density at radius 1 is 1.75 bits per heavy atom. The number of carbonyl (C=O) groups excluding carboxylic acids is 1. The number of hydrogen-bond acceptors (Lipinski definition) is 3. The summed E-state index contributed by atoms with van der Waals surface area (Å²) in [5.41, 5.74) is 1.22. The lowest BCUT2D eigenvalue weighted by atomic mass is 9.96. The number of nitrogens with one attached hydrogen (secondary N) is 1. The summed E-state index contributed by atoms with van der Waals surface area (Å²) in [6.07, 6.45) is 4.38. The van der Waals surface area contributed by atoms with Crippen molar-refractivity contribution >= 4 is 6.29 Å². The third-order valence-corrected chi connectivity index (χ3v) is 3.18. The van der Waals surface area contributed by atoms with Gasteiger partial charge in [0.05, 0.1) is 6.61 Å². The van der Waals surface area contributed by atoms with Crippen LogP contribution in [0.25, 0.3) is 0 Å². The molecule has 0 amide bonds. The topological polar surface area (TPSA) is 43.3 Å². The number of rotatable bonds is 4. The van der Waals surface area contributed by atoms with Crippen LogP contribution in [0.5, 0.6) is 0 Å².